The molecule has 7 N–H and O–H groups in total. The predicted octanol–water partition coefficient (Wildman–Crippen LogP) is -1.82. The minimum absolute atomic E-state index is 0.332. The zero-order valence-electron chi connectivity index (χ0n) is 13.8. The number of nitrogens with two attached hydrogens (primary N) is 1. The van der Waals surface area contributed by atoms with Gasteiger partial charge in [-0.2, -0.15) is 0 Å². The second-order valence-corrected chi connectivity index (χ2v) is 5.70. The predicted molar refractivity (Wildman–Crippen MR) is 82.3 cm³/mol. The van der Waals surface area contributed by atoms with E-state index in [2.05, 4.69) is 10.6 Å². The summed E-state index contributed by atoms with van der Waals surface area (Å²) >= 11 is 0. The van der Waals surface area contributed by atoms with Crippen molar-refractivity contribution in [1.29, 1.82) is 0 Å². The van der Waals surface area contributed by atoms with Crippen molar-refractivity contribution in [3.63, 3.8) is 0 Å². The quantitative estimate of drug-likeness (QED) is 0.289. The number of amides is 2. The smallest absolute Gasteiger partial charge is 0.326 e. The molecule has 0 aromatic rings. The molecule has 2 amide bonds. The van der Waals surface area contributed by atoms with Gasteiger partial charge in [0.05, 0.1) is 12.2 Å². The summed E-state index contributed by atoms with van der Waals surface area (Å²) < 4.78 is 0. The lowest BCUT2D eigenvalue weighted by molar-refractivity contribution is -0.144. The SMILES string of the molecule is CC[C@H](C)[C@H](NC(=O)[C@@H](NC(=O)[C@@H](N)[C@@H](C)O)[C@@H](C)O)C(=O)O. The second-order valence-electron chi connectivity index (χ2n) is 5.70. The average molecular weight is 333 g/mol. The Morgan fingerprint density at radius 3 is 1.78 bits per heavy atom. The number of hydrogen-bond acceptors (Lipinski definition) is 6. The molecule has 0 aromatic heterocycles. The molecule has 0 saturated carbocycles. The molecule has 0 fully saturated rings. The van der Waals surface area contributed by atoms with Crippen LogP contribution >= 0.6 is 0 Å². The van der Waals surface area contributed by atoms with Crippen LogP contribution in [0.15, 0.2) is 0 Å². The van der Waals surface area contributed by atoms with E-state index in [9.17, 15) is 24.6 Å². The van der Waals surface area contributed by atoms with Crippen LogP contribution in [0.1, 0.15) is 34.1 Å². The highest BCUT2D eigenvalue weighted by Gasteiger charge is 2.33. The largest absolute Gasteiger partial charge is 0.480 e. The van der Waals surface area contributed by atoms with Crippen LogP contribution in [-0.2, 0) is 14.4 Å². The third kappa shape index (κ3) is 6.51. The highest BCUT2D eigenvalue weighted by Crippen LogP contribution is 2.09. The molecular formula is C14H27N3O6. The van der Waals surface area contributed by atoms with Crippen LogP contribution in [0.4, 0.5) is 0 Å². The molecule has 0 bridgehead atoms. The fraction of sp³-hybridized carbons (Fsp3) is 0.786. The first-order valence-corrected chi connectivity index (χ1v) is 7.48. The molecule has 0 saturated heterocycles. The summed E-state index contributed by atoms with van der Waals surface area (Å²) in [6.45, 7) is 6.03. The highest BCUT2D eigenvalue weighted by atomic mass is 16.4. The number of carbonyl (C=O) groups is 3. The summed E-state index contributed by atoms with van der Waals surface area (Å²) in [5.41, 5.74) is 5.46. The number of aliphatic hydroxyl groups excluding tert-OH is 2. The molecule has 9 heteroatoms. The summed E-state index contributed by atoms with van der Waals surface area (Å²) in [7, 11) is 0. The van der Waals surface area contributed by atoms with Crippen LogP contribution in [-0.4, -0.2) is 63.4 Å². The van der Waals surface area contributed by atoms with Gasteiger partial charge in [0, 0.05) is 0 Å². The molecule has 0 radical (unpaired) electrons. The molecule has 23 heavy (non-hydrogen) atoms. The standard InChI is InChI=1S/C14H27N3O6/c1-5-6(2)10(14(22)23)16-13(21)11(8(4)19)17-12(20)9(15)7(3)18/h6-11,18-19H,5,15H2,1-4H3,(H,16,21)(H,17,20)(H,22,23)/t6-,7+,8+,9-,10-,11-/m0/s1. The first-order valence-electron chi connectivity index (χ1n) is 7.48. The second kappa shape index (κ2) is 9.43. The fourth-order valence-electron chi connectivity index (χ4n) is 1.80. The van der Waals surface area contributed by atoms with Crippen molar-refractivity contribution in [3.8, 4) is 0 Å². The summed E-state index contributed by atoms with van der Waals surface area (Å²) in [6.07, 6.45) is -1.89. The first-order chi connectivity index (χ1) is 10.5. The van der Waals surface area contributed by atoms with E-state index < -0.39 is 48.1 Å². The van der Waals surface area contributed by atoms with Gasteiger partial charge in [-0.15, -0.1) is 0 Å². The Morgan fingerprint density at radius 1 is 0.957 bits per heavy atom. The lowest BCUT2D eigenvalue weighted by Gasteiger charge is -2.26. The van der Waals surface area contributed by atoms with Gasteiger partial charge < -0.3 is 31.7 Å². The van der Waals surface area contributed by atoms with Crippen molar-refractivity contribution in [2.75, 3.05) is 0 Å². The molecule has 0 aliphatic carbocycles. The first kappa shape index (κ1) is 21.3. The van der Waals surface area contributed by atoms with E-state index in [1.807, 2.05) is 0 Å². The molecular weight excluding hydrogens is 306 g/mol. The lowest BCUT2D eigenvalue weighted by Crippen LogP contribution is -2.60. The van der Waals surface area contributed by atoms with E-state index >= 15 is 0 Å². The van der Waals surface area contributed by atoms with E-state index in [4.69, 9.17) is 10.8 Å². The van der Waals surface area contributed by atoms with Crippen LogP contribution in [0.3, 0.4) is 0 Å². The third-order valence-electron chi connectivity index (χ3n) is 3.66. The van der Waals surface area contributed by atoms with Crippen LogP contribution in [0.2, 0.25) is 0 Å². The van der Waals surface area contributed by atoms with Gasteiger partial charge in [0.15, 0.2) is 0 Å². The Labute approximate surface area is 135 Å². The minimum Gasteiger partial charge on any atom is -0.480 e. The van der Waals surface area contributed by atoms with Gasteiger partial charge in [-0.25, -0.2) is 4.79 Å². The number of aliphatic carboxylic acids is 1. The van der Waals surface area contributed by atoms with Crippen molar-refractivity contribution in [1.82, 2.24) is 10.6 Å². The van der Waals surface area contributed by atoms with E-state index in [0.29, 0.717) is 6.42 Å². The van der Waals surface area contributed by atoms with Crippen molar-refractivity contribution < 1.29 is 29.7 Å². The van der Waals surface area contributed by atoms with E-state index in [-0.39, 0.29) is 5.92 Å². The number of carboxylic acid groups (broad SMARTS) is 1. The van der Waals surface area contributed by atoms with Crippen LogP contribution in [0.5, 0.6) is 0 Å². The van der Waals surface area contributed by atoms with Crippen molar-refractivity contribution in [2.24, 2.45) is 11.7 Å². The molecule has 134 valence electrons. The van der Waals surface area contributed by atoms with Gasteiger partial charge in [0.25, 0.3) is 0 Å². The Morgan fingerprint density at radius 2 is 1.43 bits per heavy atom. The Kier molecular flexibility index (Phi) is 8.73. The zero-order valence-corrected chi connectivity index (χ0v) is 13.8. The molecule has 0 aliphatic heterocycles. The van der Waals surface area contributed by atoms with Crippen LogP contribution in [0, 0.1) is 5.92 Å². The van der Waals surface area contributed by atoms with Gasteiger partial charge in [-0.1, -0.05) is 20.3 Å². The molecule has 0 heterocycles. The molecule has 0 aromatic carbocycles. The summed E-state index contributed by atoms with van der Waals surface area (Å²) in [4.78, 5) is 35.2. The van der Waals surface area contributed by atoms with E-state index in [1.165, 1.54) is 13.8 Å². The molecule has 0 rings (SSSR count). The fourth-order valence-corrected chi connectivity index (χ4v) is 1.80. The normalized spacial score (nSPS) is 18.9. The summed E-state index contributed by atoms with van der Waals surface area (Å²) in [5.74, 6) is -3.19. The minimum atomic E-state index is -1.38. The van der Waals surface area contributed by atoms with Gasteiger partial charge in [0.1, 0.15) is 18.1 Å². The van der Waals surface area contributed by atoms with Crippen LogP contribution < -0.4 is 16.4 Å². The number of hydrogen-bond donors (Lipinski definition) is 6. The number of rotatable bonds is 9. The molecule has 0 unspecified atom stereocenters. The maximum atomic E-state index is 12.2. The Balaban J connectivity index is 5.06. The van der Waals surface area contributed by atoms with E-state index in [0.717, 1.165) is 0 Å². The number of nitrogens with one attached hydrogen (secondary N) is 2. The lowest BCUT2D eigenvalue weighted by atomic mass is 9.98. The number of carboxylic acids is 1. The van der Waals surface area contributed by atoms with Gasteiger partial charge in [-0.05, 0) is 19.8 Å². The highest BCUT2D eigenvalue weighted by molar-refractivity contribution is 5.92. The summed E-state index contributed by atoms with van der Waals surface area (Å²) in [6, 6.07) is -3.79. The molecule has 0 aliphatic rings. The maximum absolute atomic E-state index is 12.2. The number of aliphatic hydroxyl groups is 2. The zero-order chi connectivity index (χ0) is 18.3. The van der Waals surface area contributed by atoms with Gasteiger partial charge in [-0.3, -0.25) is 9.59 Å². The maximum Gasteiger partial charge on any atom is 0.326 e. The summed E-state index contributed by atoms with van der Waals surface area (Å²) in [5, 5.41) is 32.6. The molecule has 0 spiro atoms. The Bertz CT molecular complexity index is 427. The Hall–Kier alpha value is -1.71. The molecule has 6 atom stereocenters. The van der Waals surface area contributed by atoms with Gasteiger partial charge >= 0.3 is 5.97 Å². The number of carbonyl (C=O) groups excluding carboxylic acids is 2. The molecule has 9 nitrogen and oxygen atoms in total. The third-order valence-corrected chi connectivity index (χ3v) is 3.66. The van der Waals surface area contributed by atoms with Crippen molar-refractivity contribution in [2.45, 2.75) is 64.4 Å². The van der Waals surface area contributed by atoms with Gasteiger partial charge in [0.2, 0.25) is 11.8 Å². The van der Waals surface area contributed by atoms with E-state index in [1.54, 1.807) is 13.8 Å². The average Bonchev–Trinajstić information content (AvgIpc) is 2.47. The van der Waals surface area contributed by atoms with Crippen molar-refractivity contribution >= 4 is 17.8 Å². The monoisotopic (exact) mass is 333 g/mol. The topological polar surface area (TPSA) is 162 Å². The van der Waals surface area contributed by atoms with Crippen LogP contribution in [0.25, 0.3) is 0 Å². The van der Waals surface area contributed by atoms with Crippen molar-refractivity contribution in [3.05, 3.63) is 0 Å².